The van der Waals surface area contributed by atoms with Gasteiger partial charge >= 0.3 is 0 Å². The predicted molar refractivity (Wildman–Crippen MR) is 100 cm³/mol. The zero-order chi connectivity index (χ0) is 17.1. The second-order valence-electron chi connectivity index (χ2n) is 5.03. The van der Waals surface area contributed by atoms with Crippen molar-refractivity contribution in [2.45, 2.75) is 13.8 Å². The number of hydrogen-bond donors (Lipinski definition) is 0. The van der Waals surface area contributed by atoms with Crippen LogP contribution in [0.4, 0.5) is 0 Å². The highest BCUT2D eigenvalue weighted by atomic mass is 79.9. The van der Waals surface area contributed by atoms with Crippen LogP contribution in [0.5, 0.6) is 11.5 Å². The summed E-state index contributed by atoms with van der Waals surface area (Å²) in [5.41, 5.74) is 2.43. The Hall–Kier alpha value is -1.85. The first kappa shape index (κ1) is 17.0. The molecule has 2 aromatic carbocycles. The van der Waals surface area contributed by atoms with Gasteiger partial charge in [-0.2, -0.15) is 0 Å². The van der Waals surface area contributed by atoms with Crippen LogP contribution in [0, 0.1) is 0 Å². The van der Waals surface area contributed by atoms with Crippen molar-refractivity contribution < 1.29 is 9.47 Å². The number of benzene rings is 2. The molecule has 1 heterocycles. The first-order valence-corrected chi connectivity index (χ1v) is 8.82. The van der Waals surface area contributed by atoms with Gasteiger partial charge in [-0.25, -0.2) is 9.97 Å². The van der Waals surface area contributed by atoms with Crippen LogP contribution >= 0.6 is 27.5 Å². The molecule has 0 fully saturated rings. The van der Waals surface area contributed by atoms with Crippen molar-refractivity contribution in [1.29, 1.82) is 0 Å². The van der Waals surface area contributed by atoms with Gasteiger partial charge in [0.05, 0.1) is 24.4 Å². The third-order valence-electron chi connectivity index (χ3n) is 3.43. The van der Waals surface area contributed by atoms with E-state index in [9.17, 15) is 0 Å². The normalized spacial score (nSPS) is 10.8. The minimum atomic E-state index is 0.198. The lowest BCUT2D eigenvalue weighted by Crippen LogP contribution is -2.00. The van der Waals surface area contributed by atoms with Gasteiger partial charge in [0.2, 0.25) is 5.28 Å². The van der Waals surface area contributed by atoms with Crippen LogP contribution < -0.4 is 9.47 Å². The molecule has 124 valence electrons. The number of fused-ring (bicyclic) bond motifs is 1. The van der Waals surface area contributed by atoms with Gasteiger partial charge in [0, 0.05) is 21.5 Å². The van der Waals surface area contributed by atoms with Crippen molar-refractivity contribution in [3.8, 4) is 22.8 Å². The van der Waals surface area contributed by atoms with E-state index in [-0.39, 0.29) is 5.28 Å². The number of nitrogens with zero attached hydrogens (tertiary/aromatic N) is 2. The lowest BCUT2D eigenvalue weighted by molar-refractivity contribution is 0.288. The fourth-order valence-corrected chi connectivity index (χ4v) is 3.08. The summed E-state index contributed by atoms with van der Waals surface area (Å²) in [5.74, 6) is 1.33. The second-order valence-corrected chi connectivity index (χ2v) is 6.29. The van der Waals surface area contributed by atoms with Gasteiger partial charge in [0.25, 0.3) is 0 Å². The van der Waals surface area contributed by atoms with Crippen molar-refractivity contribution in [3.05, 3.63) is 46.2 Å². The Balaban J connectivity index is 2.27. The molecule has 0 unspecified atom stereocenters. The molecule has 0 spiro atoms. The van der Waals surface area contributed by atoms with Gasteiger partial charge in [-0.3, -0.25) is 0 Å². The van der Waals surface area contributed by atoms with E-state index in [1.807, 2.05) is 50.2 Å². The molecule has 3 aromatic rings. The lowest BCUT2D eigenvalue weighted by Gasteiger charge is -2.14. The van der Waals surface area contributed by atoms with Gasteiger partial charge in [0.1, 0.15) is 0 Å². The van der Waals surface area contributed by atoms with Gasteiger partial charge in [0.15, 0.2) is 11.5 Å². The van der Waals surface area contributed by atoms with Crippen LogP contribution in [0.25, 0.3) is 22.2 Å². The van der Waals surface area contributed by atoms with Crippen LogP contribution in [0.3, 0.4) is 0 Å². The smallest absolute Gasteiger partial charge is 0.223 e. The summed E-state index contributed by atoms with van der Waals surface area (Å²) in [6, 6.07) is 11.7. The molecule has 0 radical (unpaired) electrons. The van der Waals surface area contributed by atoms with Crippen LogP contribution in [0.2, 0.25) is 5.28 Å². The average Bonchev–Trinajstić information content (AvgIpc) is 2.55. The van der Waals surface area contributed by atoms with Crippen LogP contribution in [-0.4, -0.2) is 23.2 Å². The molecule has 0 bridgehead atoms. The molecule has 3 rings (SSSR count). The third-order valence-corrected chi connectivity index (χ3v) is 4.09. The Morgan fingerprint density at radius 3 is 2.38 bits per heavy atom. The maximum atomic E-state index is 6.14. The monoisotopic (exact) mass is 406 g/mol. The predicted octanol–water partition coefficient (Wildman–Crippen LogP) is 5.51. The van der Waals surface area contributed by atoms with Crippen molar-refractivity contribution in [2.24, 2.45) is 0 Å². The van der Waals surface area contributed by atoms with E-state index >= 15 is 0 Å². The number of rotatable bonds is 5. The SMILES string of the molecule is CCOc1cc2nc(Cl)nc(-c3cccc(Br)c3)c2cc1OCC. The Morgan fingerprint density at radius 2 is 1.71 bits per heavy atom. The van der Waals surface area contributed by atoms with Crippen LogP contribution in [-0.2, 0) is 0 Å². The first-order chi connectivity index (χ1) is 11.6. The van der Waals surface area contributed by atoms with E-state index in [1.54, 1.807) is 0 Å². The first-order valence-electron chi connectivity index (χ1n) is 7.65. The maximum Gasteiger partial charge on any atom is 0.223 e. The molecule has 0 saturated carbocycles. The molecule has 0 N–H and O–H groups in total. The van der Waals surface area contributed by atoms with Crippen LogP contribution in [0.1, 0.15) is 13.8 Å². The summed E-state index contributed by atoms with van der Waals surface area (Å²) >= 11 is 9.63. The highest BCUT2D eigenvalue weighted by Crippen LogP contribution is 2.37. The molecule has 0 atom stereocenters. The lowest BCUT2D eigenvalue weighted by atomic mass is 10.1. The Bertz CT molecular complexity index is 886. The zero-order valence-electron chi connectivity index (χ0n) is 13.3. The molecule has 24 heavy (non-hydrogen) atoms. The van der Waals surface area contributed by atoms with Crippen molar-refractivity contribution in [3.63, 3.8) is 0 Å². The highest BCUT2D eigenvalue weighted by Gasteiger charge is 2.14. The molecule has 6 heteroatoms. The Morgan fingerprint density at radius 1 is 1.00 bits per heavy atom. The third kappa shape index (κ3) is 3.47. The van der Waals surface area contributed by atoms with E-state index < -0.39 is 0 Å². The van der Waals surface area contributed by atoms with Gasteiger partial charge in [-0.05, 0) is 43.6 Å². The molecule has 0 amide bonds. The minimum Gasteiger partial charge on any atom is -0.490 e. The summed E-state index contributed by atoms with van der Waals surface area (Å²) < 4.78 is 12.4. The van der Waals surface area contributed by atoms with E-state index in [1.165, 1.54) is 0 Å². The summed E-state index contributed by atoms with van der Waals surface area (Å²) in [6.45, 7) is 4.96. The zero-order valence-corrected chi connectivity index (χ0v) is 15.7. The van der Waals surface area contributed by atoms with Crippen molar-refractivity contribution in [1.82, 2.24) is 9.97 Å². The van der Waals surface area contributed by atoms with Crippen LogP contribution in [0.15, 0.2) is 40.9 Å². The second kappa shape index (κ2) is 7.36. The molecular weight excluding hydrogens is 392 g/mol. The number of halogens is 2. The molecule has 0 aliphatic carbocycles. The topological polar surface area (TPSA) is 44.2 Å². The number of aromatic nitrogens is 2. The van der Waals surface area contributed by atoms with E-state index in [2.05, 4.69) is 25.9 Å². The fraction of sp³-hybridized carbons (Fsp3) is 0.222. The summed E-state index contributed by atoms with van der Waals surface area (Å²) in [7, 11) is 0. The van der Waals surface area contributed by atoms with Gasteiger partial charge in [-0.15, -0.1) is 0 Å². The summed E-state index contributed by atoms with van der Waals surface area (Å²) in [4.78, 5) is 8.76. The molecular formula is C18H16BrClN2O2. The van der Waals surface area contributed by atoms with Crippen molar-refractivity contribution >= 4 is 38.4 Å². The maximum absolute atomic E-state index is 6.14. The molecule has 0 aliphatic rings. The average molecular weight is 408 g/mol. The molecule has 0 aliphatic heterocycles. The molecule has 1 aromatic heterocycles. The largest absolute Gasteiger partial charge is 0.490 e. The Labute approximate surface area is 153 Å². The van der Waals surface area contributed by atoms with E-state index in [0.717, 1.165) is 26.6 Å². The number of hydrogen-bond acceptors (Lipinski definition) is 4. The van der Waals surface area contributed by atoms with Gasteiger partial charge in [-0.1, -0.05) is 28.1 Å². The fourth-order valence-electron chi connectivity index (χ4n) is 2.50. The standard InChI is InChI=1S/C18H16BrClN2O2/c1-3-23-15-9-13-14(10-16(15)24-4-2)21-18(20)22-17(13)11-6-5-7-12(19)8-11/h5-10H,3-4H2,1-2H3. The highest BCUT2D eigenvalue weighted by molar-refractivity contribution is 9.10. The molecule has 4 nitrogen and oxygen atoms in total. The Kier molecular flexibility index (Phi) is 5.21. The molecule has 0 saturated heterocycles. The quantitative estimate of drug-likeness (QED) is 0.523. The van der Waals surface area contributed by atoms with E-state index in [0.29, 0.717) is 24.7 Å². The number of ether oxygens (including phenoxy) is 2. The minimum absolute atomic E-state index is 0.198. The van der Waals surface area contributed by atoms with Crippen molar-refractivity contribution in [2.75, 3.05) is 13.2 Å². The van der Waals surface area contributed by atoms with Gasteiger partial charge < -0.3 is 9.47 Å². The summed E-state index contributed by atoms with van der Waals surface area (Å²) in [5, 5.41) is 1.06. The summed E-state index contributed by atoms with van der Waals surface area (Å²) in [6.07, 6.45) is 0. The van der Waals surface area contributed by atoms with E-state index in [4.69, 9.17) is 21.1 Å².